The quantitative estimate of drug-likeness (QED) is 0.258. The predicted octanol–water partition coefficient (Wildman–Crippen LogP) is 4.37. The van der Waals surface area contributed by atoms with E-state index in [0.717, 1.165) is 16.6 Å². The van der Waals surface area contributed by atoms with Crippen LogP contribution in [0.5, 0.6) is 0 Å². The van der Waals surface area contributed by atoms with E-state index in [1.807, 2.05) is 43.3 Å². The molecular weight excluding hydrogens is 404 g/mol. The standard InChI is InChI=1S/C26H20N2O4/c1-16-25(17-8-2-5-11-20(17)27-16)23(29)15-32-24(30)14-28-21-12-6-3-9-18(21)26(31)19-10-4-7-13-22(19)28/h2-13,27H,14-15H2,1H3. The Bertz CT molecular complexity index is 1520. The van der Waals surface area contributed by atoms with E-state index in [4.69, 9.17) is 4.74 Å². The number of ether oxygens (including phenoxy) is 1. The number of fused-ring (bicyclic) bond motifs is 3. The molecule has 158 valence electrons. The number of aromatic nitrogens is 2. The summed E-state index contributed by atoms with van der Waals surface area (Å²) in [5.41, 5.74) is 3.35. The number of carbonyl (C=O) groups excluding carboxylic acids is 2. The molecule has 5 rings (SSSR count). The Labute approximate surface area is 183 Å². The fourth-order valence-corrected chi connectivity index (χ4v) is 4.28. The monoisotopic (exact) mass is 424 g/mol. The van der Waals surface area contributed by atoms with Gasteiger partial charge >= 0.3 is 5.97 Å². The zero-order valence-electron chi connectivity index (χ0n) is 17.4. The first-order valence-corrected chi connectivity index (χ1v) is 10.3. The average Bonchev–Trinajstić information content (AvgIpc) is 3.16. The number of para-hydroxylation sites is 3. The summed E-state index contributed by atoms with van der Waals surface area (Å²) in [5, 5.41) is 1.87. The number of nitrogens with zero attached hydrogens (tertiary/aromatic N) is 1. The predicted molar refractivity (Wildman–Crippen MR) is 124 cm³/mol. The first-order chi connectivity index (χ1) is 15.5. The molecule has 0 bridgehead atoms. The van der Waals surface area contributed by atoms with E-state index in [1.165, 1.54) is 0 Å². The molecule has 6 heteroatoms. The second-order valence-electron chi connectivity index (χ2n) is 7.70. The molecule has 0 radical (unpaired) electrons. The Hall–Kier alpha value is -4.19. The van der Waals surface area contributed by atoms with Crippen LogP contribution in [0.15, 0.2) is 77.6 Å². The number of aromatic amines is 1. The molecule has 0 atom stereocenters. The van der Waals surface area contributed by atoms with Gasteiger partial charge in [-0.05, 0) is 37.3 Å². The lowest BCUT2D eigenvalue weighted by Crippen LogP contribution is -2.21. The zero-order chi connectivity index (χ0) is 22.2. The third-order valence-electron chi connectivity index (χ3n) is 5.70. The molecule has 2 heterocycles. The summed E-state index contributed by atoms with van der Waals surface area (Å²) in [5.74, 6) is -0.808. The molecular formula is C26H20N2O4. The Kier molecular flexibility index (Phi) is 4.82. The van der Waals surface area contributed by atoms with Gasteiger partial charge in [-0.15, -0.1) is 0 Å². The summed E-state index contributed by atoms with van der Waals surface area (Å²) in [6, 6.07) is 21.9. The van der Waals surface area contributed by atoms with E-state index < -0.39 is 5.97 Å². The highest BCUT2D eigenvalue weighted by Gasteiger charge is 2.19. The highest BCUT2D eigenvalue weighted by Crippen LogP contribution is 2.23. The number of H-pyrrole nitrogens is 1. The van der Waals surface area contributed by atoms with Crippen molar-refractivity contribution in [3.63, 3.8) is 0 Å². The first-order valence-electron chi connectivity index (χ1n) is 10.3. The number of Topliss-reactive ketones (excluding diaryl/α,β-unsaturated/α-hetero) is 1. The summed E-state index contributed by atoms with van der Waals surface area (Å²) >= 11 is 0. The largest absolute Gasteiger partial charge is 0.456 e. The highest BCUT2D eigenvalue weighted by atomic mass is 16.5. The smallest absolute Gasteiger partial charge is 0.326 e. The van der Waals surface area contributed by atoms with Gasteiger partial charge in [0.2, 0.25) is 5.78 Å². The highest BCUT2D eigenvalue weighted by molar-refractivity contribution is 6.10. The lowest BCUT2D eigenvalue weighted by Gasteiger charge is -2.14. The van der Waals surface area contributed by atoms with Crippen LogP contribution in [-0.4, -0.2) is 27.9 Å². The third-order valence-corrected chi connectivity index (χ3v) is 5.70. The molecule has 0 spiro atoms. The lowest BCUT2D eigenvalue weighted by atomic mass is 10.1. The van der Waals surface area contributed by atoms with Gasteiger partial charge in [-0.2, -0.15) is 0 Å². The maximum atomic E-state index is 12.8. The fourth-order valence-electron chi connectivity index (χ4n) is 4.28. The summed E-state index contributed by atoms with van der Waals surface area (Å²) in [7, 11) is 0. The first kappa shape index (κ1) is 19.8. The van der Waals surface area contributed by atoms with Gasteiger partial charge in [-0.3, -0.25) is 14.4 Å². The van der Waals surface area contributed by atoms with Crippen molar-refractivity contribution in [1.29, 1.82) is 0 Å². The third kappa shape index (κ3) is 3.26. The number of carbonyl (C=O) groups is 2. The minimum absolute atomic E-state index is 0.0780. The van der Waals surface area contributed by atoms with E-state index in [0.29, 0.717) is 27.4 Å². The van der Waals surface area contributed by atoms with Crippen LogP contribution in [0.4, 0.5) is 0 Å². The van der Waals surface area contributed by atoms with Gasteiger partial charge in [0.1, 0.15) is 6.54 Å². The van der Waals surface area contributed by atoms with Crippen LogP contribution in [0.2, 0.25) is 0 Å². The van der Waals surface area contributed by atoms with Gasteiger partial charge in [-0.25, -0.2) is 0 Å². The van der Waals surface area contributed by atoms with Crippen LogP contribution in [0.25, 0.3) is 32.7 Å². The van der Waals surface area contributed by atoms with Crippen molar-refractivity contribution in [3.8, 4) is 0 Å². The number of nitrogens with one attached hydrogen (secondary N) is 1. The topological polar surface area (TPSA) is 81.2 Å². The molecule has 0 saturated heterocycles. The maximum Gasteiger partial charge on any atom is 0.326 e. The normalized spacial score (nSPS) is 11.3. The molecule has 0 unspecified atom stereocenters. The van der Waals surface area contributed by atoms with Crippen LogP contribution in [0, 0.1) is 6.92 Å². The van der Waals surface area contributed by atoms with E-state index in [-0.39, 0.29) is 24.4 Å². The van der Waals surface area contributed by atoms with Gasteiger partial charge < -0.3 is 14.3 Å². The maximum absolute atomic E-state index is 12.8. The van der Waals surface area contributed by atoms with Gasteiger partial charge in [0.05, 0.1) is 11.0 Å². The van der Waals surface area contributed by atoms with Crippen molar-refractivity contribution in [2.75, 3.05) is 6.61 Å². The molecule has 0 fully saturated rings. The molecule has 1 N–H and O–H groups in total. The average molecular weight is 424 g/mol. The van der Waals surface area contributed by atoms with Crippen LogP contribution in [0.1, 0.15) is 16.1 Å². The number of pyridine rings is 1. The minimum Gasteiger partial charge on any atom is -0.456 e. The molecule has 0 saturated carbocycles. The Morgan fingerprint density at radius 1 is 0.844 bits per heavy atom. The van der Waals surface area contributed by atoms with E-state index >= 15 is 0 Å². The van der Waals surface area contributed by atoms with Crippen LogP contribution in [0.3, 0.4) is 0 Å². The van der Waals surface area contributed by atoms with Crippen LogP contribution >= 0.6 is 0 Å². The van der Waals surface area contributed by atoms with Crippen LogP contribution in [-0.2, 0) is 16.1 Å². The number of hydrogen-bond donors (Lipinski definition) is 1. The van der Waals surface area contributed by atoms with Crippen molar-refractivity contribution in [3.05, 3.63) is 94.3 Å². The van der Waals surface area contributed by atoms with Crippen molar-refractivity contribution in [1.82, 2.24) is 9.55 Å². The second kappa shape index (κ2) is 7.81. The van der Waals surface area contributed by atoms with Crippen molar-refractivity contribution >= 4 is 44.5 Å². The molecule has 6 nitrogen and oxygen atoms in total. The van der Waals surface area contributed by atoms with E-state index in [2.05, 4.69) is 4.98 Å². The number of ketones is 1. The Balaban J connectivity index is 1.43. The lowest BCUT2D eigenvalue weighted by molar-refractivity contribution is -0.143. The fraction of sp³-hybridized carbons (Fsp3) is 0.115. The molecule has 0 aliphatic heterocycles. The van der Waals surface area contributed by atoms with Crippen molar-refractivity contribution < 1.29 is 14.3 Å². The van der Waals surface area contributed by atoms with E-state index in [9.17, 15) is 14.4 Å². The summed E-state index contributed by atoms with van der Waals surface area (Å²) in [6.45, 7) is 1.37. The zero-order valence-corrected chi connectivity index (χ0v) is 17.4. The Morgan fingerprint density at radius 3 is 2.06 bits per heavy atom. The Morgan fingerprint density at radius 2 is 1.41 bits per heavy atom. The van der Waals surface area contributed by atoms with Crippen LogP contribution < -0.4 is 5.43 Å². The molecule has 0 aliphatic rings. The second-order valence-corrected chi connectivity index (χ2v) is 7.70. The molecule has 32 heavy (non-hydrogen) atoms. The van der Waals surface area contributed by atoms with Crippen molar-refractivity contribution in [2.45, 2.75) is 13.5 Å². The number of hydrogen-bond acceptors (Lipinski definition) is 4. The number of benzene rings is 3. The SMILES string of the molecule is Cc1[nH]c2ccccc2c1C(=O)COC(=O)Cn1c2ccccc2c(=O)c2ccccc21. The van der Waals surface area contributed by atoms with Crippen molar-refractivity contribution in [2.24, 2.45) is 0 Å². The molecule has 0 amide bonds. The van der Waals surface area contributed by atoms with Gasteiger partial charge in [0.15, 0.2) is 12.0 Å². The summed E-state index contributed by atoms with van der Waals surface area (Å²) in [6.07, 6.45) is 0. The molecule has 3 aromatic carbocycles. The molecule has 5 aromatic rings. The summed E-state index contributed by atoms with van der Waals surface area (Å²) in [4.78, 5) is 41.6. The minimum atomic E-state index is -0.546. The number of esters is 1. The van der Waals surface area contributed by atoms with Gasteiger partial charge in [0, 0.05) is 32.9 Å². The number of rotatable bonds is 5. The summed E-state index contributed by atoms with van der Waals surface area (Å²) < 4.78 is 7.12. The molecule has 2 aromatic heterocycles. The molecule has 0 aliphatic carbocycles. The van der Waals surface area contributed by atoms with E-state index in [1.54, 1.807) is 41.0 Å². The van der Waals surface area contributed by atoms with Gasteiger partial charge in [-0.1, -0.05) is 42.5 Å². The number of aryl methyl sites for hydroxylation is 1. The van der Waals surface area contributed by atoms with Gasteiger partial charge in [0.25, 0.3) is 0 Å².